The molecule has 5 nitrogen and oxygen atoms in total. The maximum absolute atomic E-state index is 12.3. The molecule has 0 spiro atoms. The summed E-state index contributed by atoms with van der Waals surface area (Å²) >= 11 is 11.9. The summed E-state index contributed by atoms with van der Waals surface area (Å²) < 4.78 is 0. The van der Waals surface area contributed by atoms with E-state index < -0.39 is 0 Å². The van der Waals surface area contributed by atoms with E-state index in [1.165, 1.54) is 4.90 Å². The molecule has 0 bridgehead atoms. The fraction of sp³-hybridized carbons (Fsp3) is 0.231. The van der Waals surface area contributed by atoms with Crippen LogP contribution >= 0.6 is 23.2 Å². The van der Waals surface area contributed by atoms with E-state index in [0.29, 0.717) is 28.0 Å². The number of aromatic amines is 1. The predicted octanol–water partition coefficient (Wildman–Crippen LogP) is 2.88. The Bertz CT molecular complexity index is 634. The second-order valence-electron chi connectivity index (χ2n) is 4.55. The minimum atomic E-state index is -0.261. The molecule has 0 aliphatic rings. The number of aryl methyl sites for hydroxylation is 1. The summed E-state index contributed by atoms with van der Waals surface area (Å²) in [4.78, 5) is 13.8. The van der Waals surface area contributed by atoms with E-state index in [9.17, 15) is 4.79 Å². The molecule has 20 heavy (non-hydrogen) atoms. The molecule has 0 aliphatic carbocycles. The maximum Gasteiger partial charge on any atom is 0.276 e. The van der Waals surface area contributed by atoms with Crippen molar-refractivity contribution >= 4 is 34.8 Å². The fourth-order valence-electron chi connectivity index (χ4n) is 1.83. The summed E-state index contributed by atoms with van der Waals surface area (Å²) in [5, 5.41) is 7.67. The minimum absolute atomic E-state index is 0.220. The van der Waals surface area contributed by atoms with Gasteiger partial charge in [0.1, 0.15) is 0 Å². The minimum Gasteiger partial charge on any atom is -0.395 e. The number of carbonyl (C=O) groups excluding carboxylic acids is 1. The van der Waals surface area contributed by atoms with E-state index in [2.05, 4.69) is 10.2 Å². The Hall–Kier alpha value is -1.72. The molecule has 106 valence electrons. The number of nitrogens with one attached hydrogen (secondary N) is 1. The molecule has 0 atom stereocenters. The standard InChI is InChI=1S/C13H14Cl2N4O/c1-7-11(16)12(18-17-7)13(20)19(2)6-8-3-9(14)5-10(15)4-8/h3-5H,6,16H2,1-2H3,(H,17,18). The van der Waals surface area contributed by atoms with Crippen LogP contribution in [0, 0.1) is 6.92 Å². The van der Waals surface area contributed by atoms with Gasteiger partial charge in [0.2, 0.25) is 0 Å². The Morgan fingerprint density at radius 3 is 2.45 bits per heavy atom. The van der Waals surface area contributed by atoms with Crippen molar-refractivity contribution in [3.05, 3.63) is 45.2 Å². The quantitative estimate of drug-likeness (QED) is 0.915. The van der Waals surface area contributed by atoms with Gasteiger partial charge in [-0.2, -0.15) is 5.10 Å². The number of H-pyrrole nitrogens is 1. The molecule has 0 aliphatic heterocycles. The monoisotopic (exact) mass is 312 g/mol. The summed E-state index contributed by atoms with van der Waals surface area (Å²) in [5.41, 5.74) is 7.90. The van der Waals surface area contributed by atoms with Crippen molar-refractivity contribution < 1.29 is 4.79 Å². The van der Waals surface area contributed by atoms with E-state index in [4.69, 9.17) is 28.9 Å². The van der Waals surface area contributed by atoms with Gasteiger partial charge in [0.15, 0.2) is 5.69 Å². The molecule has 0 radical (unpaired) electrons. The number of nitrogen functional groups attached to an aromatic ring is 1. The van der Waals surface area contributed by atoms with Crippen molar-refractivity contribution in [2.45, 2.75) is 13.5 Å². The second kappa shape index (κ2) is 5.73. The van der Waals surface area contributed by atoms with E-state index in [-0.39, 0.29) is 11.6 Å². The SMILES string of the molecule is Cc1[nH]nc(C(=O)N(C)Cc2cc(Cl)cc(Cl)c2)c1N. The highest BCUT2D eigenvalue weighted by atomic mass is 35.5. The molecule has 1 heterocycles. The number of aromatic nitrogens is 2. The van der Waals surface area contributed by atoms with Crippen LogP contribution in [-0.4, -0.2) is 28.1 Å². The third-order valence-corrected chi connectivity index (χ3v) is 3.32. The zero-order valence-electron chi connectivity index (χ0n) is 11.1. The smallest absolute Gasteiger partial charge is 0.276 e. The normalized spacial score (nSPS) is 10.6. The summed E-state index contributed by atoms with van der Waals surface area (Å²) in [6.07, 6.45) is 0. The first-order chi connectivity index (χ1) is 9.38. The number of hydrogen-bond donors (Lipinski definition) is 2. The van der Waals surface area contributed by atoms with Gasteiger partial charge >= 0.3 is 0 Å². The lowest BCUT2D eigenvalue weighted by Gasteiger charge is -2.16. The molecular weight excluding hydrogens is 299 g/mol. The molecule has 0 saturated carbocycles. The van der Waals surface area contributed by atoms with E-state index >= 15 is 0 Å². The van der Waals surface area contributed by atoms with Crippen molar-refractivity contribution in [2.24, 2.45) is 0 Å². The highest BCUT2D eigenvalue weighted by molar-refractivity contribution is 6.34. The van der Waals surface area contributed by atoms with Crippen molar-refractivity contribution in [2.75, 3.05) is 12.8 Å². The van der Waals surface area contributed by atoms with Gasteiger partial charge in [-0.15, -0.1) is 0 Å². The number of hydrogen-bond acceptors (Lipinski definition) is 3. The maximum atomic E-state index is 12.3. The Morgan fingerprint density at radius 1 is 1.35 bits per heavy atom. The van der Waals surface area contributed by atoms with Gasteiger partial charge in [-0.3, -0.25) is 9.89 Å². The van der Waals surface area contributed by atoms with Gasteiger partial charge in [-0.1, -0.05) is 23.2 Å². The number of nitrogens with zero attached hydrogens (tertiary/aromatic N) is 2. The summed E-state index contributed by atoms with van der Waals surface area (Å²) in [5.74, 6) is -0.261. The predicted molar refractivity (Wildman–Crippen MR) is 80.0 cm³/mol. The molecule has 0 fully saturated rings. The average molecular weight is 313 g/mol. The fourth-order valence-corrected chi connectivity index (χ4v) is 2.40. The van der Waals surface area contributed by atoms with Crippen LogP contribution in [0.1, 0.15) is 21.7 Å². The summed E-state index contributed by atoms with van der Waals surface area (Å²) in [6.45, 7) is 2.13. The molecular formula is C13H14Cl2N4O. The van der Waals surface area contributed by atoms with Gasteiger partial charge in [0.05, 0.1) is 11.4 Å². The number of rotatable bonds is 3. The van der Waals surface area contributed by atoms with Crippen LogP contribution in [0.4, 0.5) is 5.69 Å². The first-order valence-electron chi connectivity index (χ1n) is 5.89. The van der Waals surface area contributed by atoms with Crippen LogP contribution in [0.2, 0.25) is 10.0 Å². The number of carbonyl (C=O) groups is 1. The molecule has 1 aromatic carbocycles. The molecule has 3 N–H and O–H groups in total. The zero-order chi connectivity index (χ0) is 14.9. The molecule has 1 amide bonds. The lowest BCUT2D eigenvalue weighted by molar-refractivity contribution is 0.0780. The van der Waals surface area contributed by atoms with Crippen molar-refractivity contribution in [1.29, 1.82) is 0 Å². The zero-order valence-corrected chi connectivity index (χ0v) is 12.6. The van der Waals surface area contributed by atoms with Gasteiger partial charge in [-0.05, 0) is 30.7 Å². The Morgan fingerprint density at radius 2 is 1.95 bits per heavy atom. The highest BCUT2D eigenvalue weighted by Gasteiger charge is 2.19. The van der Waals surface area contributed by atoms with Crippen molar-refractivity contribution in [1.82, 2.24) is 15.1 Å². The third kappa shape index (κ3) is 3.05. The molecule has 0 unspecified atom stereocenters. The van der Waals surface area contributed by atoms with E-state index in [1.807, 2.05) is 0 Å². The Kier molecular flexibility index (Phi) is 4.20. The second-order valence-corrected chi connectivity index (χ2v) is 5.42. The Labute approximate surface area is 126 Å². The van der Waals surface area contributed by atoms with Crippen LogP contribution < -0.4 is 5.73 Å². The van der Waals surface area contributed by atoms with Crippen molar-refractivity contribution in [3.8, 4) is 0 Å². The number of benzene rings is 1. The summed E-state index contributed by atoms with van der Waals surface area (Å²) in [7, 11) is 1.67. The van der Waals surface area contributed by atoms with Crippen LogP contribution in [0.15, 0.2) is 18.2 Å². The molecule has 2 aromatic rings. The molecule has 2 rings (SSSR count). The van der Waals surface area contributed by atoms with Crippen LogP contribution in [0.3, 0.4) is 0 Å². The topological polar surface area (TPSA) is 75.0 Å². The molecule has 7 heteroatoms. The Balaban J connectivity index is 2.17. The molecule has 1 aromatic heterocycles. The lowest BCUT2D eigenvalue weighted by atomic mass is 10.2. The van der Waals surface area contributed by atoms with Crippen LogP contribution in [0.25, 0.3) is 0 Å². The number of amides is 1. The first-order valence-corrected chi connectivity index (χ1v) is 6.65. The summed E-state index contributed by atoms with van der Waals surface area (Å²) in [6, 6.07) is 5.16. The highest BCUT2D eigenvalue weighted by Crippen LogP contribution is 2.21. The largest absolute Gasteiger partial charge is 0.395 e. The number of halogens is 2. The third-order valence-electron chi connectivity index (χ3n) is 2.89. The van der Waals surface area contributed by atoms with E-state index in [0.717, 1.165) is 5.56 Å². The van der Waals surface area contributed by atoms with Crippen LogP contribution in [0.5, 0.6) is 0 Å². The molecule has 0 saturated heterocycles. The average Bonchev–Trinajstić information content (AvgIpc) is 2.68. The van der Waals surface area contributed by atoms with Gasteiger partial charge < -0.3 is 10.6 Å². The van der Waals surface area contributed by atoms with Crippen LogP contribution in [-0.2, 0) is 6.54 Å². The van der Waals surface area contributed by atoms with Gasteiger partial charge in [-0.25, -0.2) is 0 Å². The number of nitrogens with two attached hydrogens (primary N) is 1. The number of anilines is 1. The van der Waals surface area contributed by atoms with Gasteiger partial charge in [0.25, 0.3) is 5.91 Å². The van der Waals surface area contributed by atoms with Gasteiger partial charge in [0, 0.05) is 23.6 Å². The van der Waals surface area contributed by atoms with E-state index in [1.54, 1.807) is 32.2 Å². The van der Waals surface area contributed by atoms with Crippen molar-refractivity contribution in [3.63, 3.8) is 0 Å². The lowest BCUT2D eigenvalue weighted by Crippen LogP contribution is -2.27. The first kappa shape index (κ1) is 14.7.